The Morgan fingerprint density at radius 3 is 2.74 bits per heavy atom. The number of ether oxygens (including phenoxy) is 1. The molecule has 1 aromatic heterocycles. The first-order valence-corrected chi connectivity index (χ1v) is 8.88. The van der Waals surface area contributed by atoms with Crippen molar-refractivity contribution in [3.8, 4) is 0 Å². The molecule has 2 amide bonds. The minimum Gasteiger partial charge on any atom is -0.368 e. The van der Waals surface area contributed by atoms with Crippen molar-refractivity contribution in [2.45, 2.75) is 45.3 Å². The van der Waals surface area contributed by atoms with Gasteiger partial charge in [0.15, 0.2) is 0 Å². The molecule has 0 saturated carbocycles. The molecule has 3 rings (SSSR count). The molecule has 2 aliphatic rings. The topological polar surface area (TPSA) is 84.4 Å². The normalized spacial score (nSPS) is 22.3. The molecule has 0 aliphatic carbocycles. The number of hydrogen-bond donors (Lipinski definition) is 1. The summed E-state index contributed by atoms with van der Waals surface area (Å²) in [6, 6.07) is 0. The third kappa shape index (κ3) is 3.87. The summed E-state index contributed by atoms with van der Waals surface area (Å²) >= 11 is 1.31. The standard InChI is InChI=1S/C15H22N4O3S/c1-10-13(23-18-17-10)9-16-14(20)11-4-6-19(7-5-11)15(21)12-3-2-8-22-12/h11-12H,2-9H2,1H3,(H,16,20)/t12-/m0/s1. The largest absolute Gasteiger partial charge is 0.368 e. The fourth-order valence-corrected chi connectivity index (χ4v) is 3.63. The molecule has 1 N–H and O–H groups in total. The number of hydrogen-bond acceptors (Lipinski definition) is 6. The van der Waals surface area contributed by atoms with E-state index in [4.69, 9.17) is 4.74 Å². The van der Waals surface area contributed by atoms with E-state index >= 15 is 0 Å². The van der Waals surface area contributed by atoms with Gasteiger partial charge in [-0.15, -0.1) is 5.10 Å². The lowest BCUT2D eigenvalue weighted by Crippen LogP contribution is -2.46. The minimum absolute atomic E-state index is 0.0234. The summed E-state index contributed by atoms with van der Waals surface area (Å²) in [6.45, 7) is 4.33. The van der Waals surface area contributed by atoms with Crippen molar-refractivity contribution in [1.82, 2.24) is 19.8 Å². The van der Waals surface area contributed by atoms with Crippen LogP contribution in [-0.4, -0.2) is 52.1 Å². The number of carbonyl (C=O) groups is 2. The van der Waals surface area contributed by atoms with Gasteiger partial charge in [0.25, 0.3) is 5.91 Å². The number of amides is 2. The number of rotatable bonds is 4. The number of aryl methyl sites for hydroxylation is 1. The first kappa shape index (κ1) is 16.3. The van der Waals surface area contributed by atoms with E-state index in [1.54, 1.807) is 0 Å². The minimum atomic E-state index is -0.262. The van der Waals surface area contributed by atoms with E-state index in [2.05, 4.69) is 14.9 Å². The zero-order chi connectivity index (χ0) is 16.2. The van der Waals surface area contributed by atoms with E-state index in [-0.39, 0.29) is 23.8 Å². The highest BCUT2D eigenvalue weighted by atomic mass is 32.1. The zero-order valence-electron chi connectivity index (χ0n) is 13.3. The van der Waals surface area contributed by atoms with Gasteiger partial charge in [0.05, 0.1) is 17.1 Å². The lowest BCUT2D eigenvalue weighted by Gasteiger charge is -2.32. The first-order chi connectivity index (χ1) is 11.1. The van der Waals surface area contributed by atoms with Gasteiger partial charge in [-0.25, -0.2) is 0 Å². The number of nitrogens with one attached hydrogen (secondary N) is 1. The molecule has 7 nitrogen and oxygen atoms in total. The lowest BCUT2D eigenvalue weighted by atomic mass is 9.95. The van der Waals surface area contributed by atoms with Gasteiger partial charge in [-0.2, -0.15) is 0 Å². The van der Waals surface area contributed by atoms with Crippen molar-refractivity contribution in [2.75, 3.05) is 19.7 Å². The van der Waals surface area contributed by atoms with Crippen LogP contribution in [0, 0.1) is 12.8 Å². The predicted molar refractivity (Wildman–Crippen MR) is 84.8 cm³/mol. The SMILES string of the molecule is Cc1nnsc1CNC(=O)C1CCN(C(=O)[C@@H]2CCCO2)CC1. The summed E-state index contributed by atoms with van der Waals surface area (Å²) in [5.41, 5.74) is 0.868. The van der Waals surface area contributed by atoms with E-state index in [1.807, 2.05) is 11.8 Å². The van der Waals surface area contributed by atoms with Gasteiger partial charge in [0.2, 0.25) is 5.91 Å². The molecule has 0 aromatic carbocycles. The summed E-state index contributed by atoms with van der Waals surface area (Å²) in [5.74, 6) is 0.125. The number of piperidine rings is 1. The molecular formula is C15H22N4O3S. The number of nitrogens with zero attached hydrogens (tertiary/aromatic N) is 3. The molecule has 2 aliphatic heterocycles. The summed E-state index contributed by atoms with van der Waals surface area (Å²) in [6.07, 6.45) is 2.94. The predicted octanol–water partition coefficient (Wildman–Crippen LogP) is 0.880. The third-order valence-corrected chi connectivity index (χ3v) is 5.37. The maximum Gasteiger partial charge on any atom is 0.251 e. The summed E-state index contributed by atoms with van der Waals surface area (Å²) in [5, 5.41) is 6.89. The first-order valence-electron chi connectivity index (χ1n) is 8.11. The van der Waals surface area contributed by atoms with Crippen molar-refractivity contribution in [1.29, 1.82) is 0 Å². The van der Waals surface area contributed by atoms with E-state index in [1.165, 1.54) is 11.5 Å². The van der Waals surface area contributed by atoms with Crippen LogP contribution in [0.3, 0.4) is 0 Å². The van der Waals surface area contributed by atoms with Crippen LogP contribution in [0.1, 0.15) is 36.3 Å². The van der Waals surface area contributed by atoms with Crippen molar-refractivity contribution >= 4 is 23.3 Å². The third-order valence-electron chi connectivity index (χ3n) is 4.55. The molecule has 23 heavy (non-hydrogen) atoms. The van der Waals surface area contributed by atoms with Gasteiger partial charge in [0, 0.05) is 25.6 Å². The van der Waals surface area contributed by atoms with Crippen molar-refractivity contribution in [3.63, 3.8) is 0 Å². The molecule has 8 heteroatoms. The monoisotopic (exact) mass is 338 g/mol. The number of likely N-dealkylation sites (tertiary alicyclic amines) is 1. The van der Waals surface area contributed by atoms with E-state index in [9.17, 15) is 9.59 Å². The Kier molecular flexibility index (Phi) is 5.22. The highest BCUT2D eigenvalue weighted by Crippen LogP contribution is 2.21. The fraction of sp³-hybridized carbons (Fsp3) is 0.733. The zero-order valence-corrected chi connectivity index (χ0v) is 14.1. The van der Waals surface area contributed by atoms with E-state index < -0.39 is 0 Å². The Labute approximate surface area is 139 Å². The molecule has 126 valence electrons. The van der Waals surface area contributed by atoms with E-state index in [0.29, 0.717) is 39.1 Å². The average molecular weight is 338 g/mol. The van der Waals surface area contributed by atoms with Crippen LogP contribution in [-0.2, 0) is 20.9 Å². The van der Waals surface area contributed by atoms with Crippen LogP contribution < -0.4 is 5.32 Å². The van der Waals surface area contributed by atoms with Crippen LogP contribution in [0.5, 0.6) is 0 Å². The molecule has 2 fully saturated rings. The second-order valence-electron chi connectivity index (χ2n) is 6.10. The molecule has 3 heterocycles. The van der Waals surface area contributed by atoms with E-state index in [0.717, 1.165) is 23.4 Å². The summed E-state index contributed by atoms with van der Waals surface area (Å²) in [4.78, 5) is 27.4. The molecule has 1 atom stereocenters. The van der Waals surface area contributed by atoms with Crippen molar-refractivity contribution in [3.05, 3.63) is 10.6 Å². The van der Waals surface area contributed by atoms with Gasteiger partial charge in [-0.05, 0) is 44.1 Å². The molecule has 1 aromatic rings. The highest BCUT2D eigenvalue weighted by Gasteiger charge is 2.32. The van der Waals surface area contributed by atoms with Gasteiger partial charge >= 0.3 is 0 Å². The Balaban J connectivity index is 1.44. The molecule has 0 radical (unpaired) electrons. The Bertz CT molecular complexity index is 563. The van der Waals surface area contributed by atoms with Crippen molar-refractivity contribution < 1.29 is 14.3 Å². The molecule has 0 spiro atoms. The Hall–Kier alpha value is -1.54. The number of aromatic nitrogens is 2. The second-order valence-corrected chi connectivity index (χ2v) is 6.94. The van der Waals surface area contributed by atoms with Crippen molar-refractivity contribution in [2.24, 2.45) is 5.92 Å². The second kappa shape index (κ2) is 7.35. The maximum absolute atomic E-state index is 12.3. The van der Waals surface area contributed by atoms with Gasteiger partial charge in [-0.3, -0.25) is 9.59 Å². The maximum atomic E-state index is 12.3. The molecular weight excluding hydrogens is 316 g/mol. The van der Waals surface area contributed by atoms with Crippen LogP contribution in [0.2, 0.25) is 0 Å². The molecule has 0 bridgehead atoms. The number of carbonyl (C=O) groups excluding carboxylic acids is 2. The highest BCUT2D eigenvalue weighted by molar-refractivity contribution is 7.05. The Morgan fingerprint density at radius 2 is 2.13 bits per heavy atom. The summed E-state index contributed by atoms with van der Waals surface area (Å²) in [7, 11) is 0. The Morgan fingerprint density at radius 1 is 1.35 bits per heavy atom. The van der Waals surface area contributed by atoms with Crippen LogP contribution in [0.4, 0.5) is 0 Å². The smallest absolute Gasteiger partial charge is 0.251 e. The quantitative estimate of drug-likeness (QED) is 0.881. The fourth-order valence-electron chi connectivity index (χ4n) is 3.06. The van der Waals surface area contributed by atoms with Gasteiger partial charge in [-0.1, -0.05) is 4.49 Å². The van der Waals surface area contributed by atoms with Crippen LogP contribution in [0.15, 0.2) is 0 Å². The van der Waals surface area contributed by atoms with Crippen LogP contribution >= 0.6 is 11.5 Å². The molecule has 0 unspecified atom stereocenters. The van der Waals surface area contributed by atoms with Gasteiger partial charge in [0.1, 0.15) is 6.10 Å². The van der Waals surface area contributed by atoms with Gasteiger partial charge < -0.3 is 15.0 Å². The average Bonchev–Trinajstić information content (AvgIpc) is 3.24. The van der Waals surface area contributed by atoms with Crippen LogP contribution in [0.25, 0.3) is 0 Å². The summed E-state index contributed by atoms with van der Waals surface area (Å²) < 4.78 is 9.32. The lowest BCUT2D eigenvalue weighted by molar-refractivity contribution is -0.143. The molecule has 2 saturated heterocycles.